The third-order valence-electron chi connectivity index (χ3n) is 3.39. The Labute approximate surface area is 119 Å². The van der Waals surface area contributed by atoms with E-state index in [0.29, 0.717) is 29.5 Å². The first-order valence-electron chi connectivity index (χ1n) is 6.72. The van der Waals surface area contributed by atoms with E-state index < -0.39 is 0 Å². The molecule has 19 heavy (non-hydrogen) atoms. The maximum absolute atomic E-state index is 12.9. The quantitative estimate of drug-likeness (QED) is 0.790. The number of benzene rings is 1. The van der Waals surface area contributed by atoms with Crippen LogP contribution in [0.2, 0.25) is 5.02 Å². The molecule has 1 aromatic rings. The average molecular weight is 286 g/mol. The van der Waals surface area contributed by atoms with Crippen LogP contribution in [0.25, 0.3) is 0 Å². The number of hydrogen-bond acceptors (Lipinski definition) is 2. The van der Waals surface area contributed by atoms with Crippen LogP contribution >= 0.6 is 11.6 Å². The lowest BCUT2D eigenvalue weighted by Gasteiger charge is -2.12. The predicted octanol–water partition coefficient (Wildman–Crippen LogP) is 3.75. The van der Waals surface area contributed by atoms with Crippen LogP contribution in [-0.4, -0.2) is 12.3 Å². The first-order chi connectivity index (χ1) is 9.06. The smallest absolute Gasteiger partial charge is 0.137 e. The maximum atomic E-state index is 12.9. The standard InChI is InChI=1S/C15H21ClFNO/c1-2-11(7-8-18)3-6-14(19)9-12-4-5-13(17)10-15(12)16/h4-5,10-11H,2-3,6-9,18H2,1H3. The molecule has 0 saturated carbocycles. The van der Waals surface area contributed by atoms with Gasteiger partial charge >= 0.3 is 0 Å². The molecule has 0 saturated heterocycles. The lowest BCUT2D eigenvalue weighted by molar-refractivity contribution is -0.118. The van der Waals surface area contributed by atoms with Gasteiger partial charge in [0.25, 0.3) is 0 Å². The molecule has 1 aromatic carbocycles. The summed E-state index contributed by atoms with van der Waals surface area (Å²) in [5, 5.41) is 0.322. The molecular weight excluding hydrogens is 265 g/mol. The van der Waals surface area contributed by atoms with Gasteiger partial charge in [-0.25, -0.2) is 4.39 Å². The zero-order valence-corrected chi connectivity index (χ0v) is 12.0. The van der Waals surface area contributed by atoms with E-state index in [2.05, 4.69) is 6.92 Å². The van der Waals surface area contributed by atoms with E-state index >= 15 is 0 Å². The predicted molar refractivity (Wildman–Crippen MR) is 76.8 cm³/mol. The summed E-state index contributed by atoms with van der Waals surface area (Å²) in [6.45, 7) is 2.78. The average Bonchev–Trinajstić information content (AvgIpc) is 2.38. The molecule has 2 N–H and O–H groups in total. The molecule has 0 fully saturated rings. The number of rotatable bonds is 8. The van der Waals surface area contributed by atoms with Crippen molar-refractivity contribution in [3.05, 3.63) is 34.6 Å². The van der Waals surface area contributed by atoms with Crippen LogP contribution < -0.4 is 5.73 Å². The van der Waals surface area contributed by atoms with Gasteiger partial charge in [0.2, 0.25) is 0 Å². The molecule has 106 valence electrons. The molecule has 1 rings (SSSR count). The maximum Gasteiger partial charge on any atom is 0.137 e. The van der Waals surface area contributed by atoms with Gasteiger partial charge < -0.3 is 5.73 Å². The van der Waals surface area contributed by atoms with Gasteiger partial charge in [-0.1, -0.05) is 31.0 Å². The van der Waals surface area contributed by atoms with E-state index in [1.165, 1.54) is 12.1 Å². The fraction of sp³-hybridized carbons (Fsp3) is 0.533. The molecule has 2 nitrogen and oxygen atoms in total. The van der Waals surface area contributed by atoms with Crippen molar-refractivity contribution in [3.63, 3.8) is 0 Å². The van der Waals surface area contributed by atoms with E-state index in [1.807, 2.05) is 0 Å². The fourth-order valence-corrected chi connectivity index (χ4v) is 2.35. The second kappa shape index (κ2) is 8.28. The highest BCUT2D eigenvalue weighted by molar-refractivity contribution is 6.31. The van der Waals surface area contributed by atoms with Gasteiger partial charge in [-0.05, 0) is 43.0 Å². The van der Waals surface area contributed by atoms with Crippen molar-refractivity contribution < 1.29 is 9.18 Å². The number of nitrogens with two attached hydrogens (primary N) is 1. The molecule has 0 heterocycles. The van der Waals surface area contributed by atoms with Gasteiger partial charge in [-0.3, -0.25) is 4.79 Å². The monoisotopic (exact) mass is 285 g/mol. The van der Waals surface area contributed by atoms with Gasteiger partial charge in [0.15, 0.2) is 0 Å². The molecule has 0 aromatic heterocycles. The third-order valence-corrected chi connectivity index (χ3v) is 3.74. The van der Waals surface area contributed by atoms with Crippen molar-refractivity contribution in [3.8, 4) is 0 Å². The van der Waals surface area contributed by atoms with Crippen molar-refractivity contribution in [2.75, 3.05) is 6.54 Å². The van der Waals surface area contributed by atoms with E-state index in [0.717, 1.165) is 19.3 Å². The summed E-state index contributed by atoms with van der Waals surface area (Å²) in [6.07, 6.45) is 3.68. The molecule has 0 aliphatic heterocycles. The van der Waals surface area contributed by atoms with Gasteiger partial charge in [0, 0.05) is 17.9 Å². The van der Waals surface area contributed by atoms with Gasteiger partial charge in [-0.15, -0.1) is 0 Å². The Bertz CT molecular complexity index is 423. The Morgan fingerprint density at radius 1 is 1.42 bits per heavy atom. The summed E-state index contributed by atoms with van der Waals surface area (Å²) >= 11 is 5.90. The second-order valence-corrected chi connectivity index (χ2v) is 5.25. The van der Waals surface area contributed by atoms with Crippen molar-refractivity contribution in [1.29, 1.82) is 0 Å². The second-order valence-electron chi connectivity index (χ2n) is 4.84. The zero-order chi connectivity index (χ0) is 14.3. The minimum atomic E-state index is -0.379. The van der Waals surface area contributed by atoms with E-state index in [-0.39, 0.29) is 18.0 Å². The van der Waals surface area contributed by atoms with Crippen molar-refractivity contribution >= 4 is 17.4 Å². The molecule has 0 aliphatic carbocycles. The van der Waals surface area contributed by atoms with Crippen LogP contribution in [0, 0.1) is 11.7 Å². The van der Waals surface area contributed by atoms with E-state index in [1.54, 1.807) is 6.07 Å². The summed E-state index contributed by atoms with van der Waals surface area (Å²) in [4.78, 5) is 11.9. The molecule has 1 atom stereocenters. The molecule has 0 radical (unpaired) electrons. The zero-order valence-electron chi connectivity index (χ0n) is 11.3. The first-order valence-corrected chi connectivity index (χ1v) is 7.10. The Kier molecular flexibility index (Phi) is 7.03. The normalized spacial score (nSPS) is 12.4. The molecule has 0 amide bonds. The fourth-order valence-electron chi connectivity index (χ4n) is 2.12. The van der Waals surface area contributed by atoms with Crippen LogP contribution in [0.1, 0.15) is 38.2 Å². The number of hydrogen-bond donors (Lipinski definition) is 1. The van der Waals surface area contributed by atoms with Crippen molar-refractivity contribution in [1.82, 2.24) is 0 Å². The van der Waals surface area contributed by atoms with Gasteiger partial charge in [-0.2, -0.15) is 0 Å². The summed E-state index contributed by atoms with van der Waals surface area (Å²) in [5.74, 6) is 0.275. The Morgan fingerprint density at radius 2 is 2.16 bits per heavy atom. The largest absolute Gasteiger partial charge is 0.330 e. The summed E-state index contributed by atoms with van der Waals surface area (Å²) in [5.41, 5.74) is 6.23. The molecule has 0 bridgehead atoms. The summed E-state index contributed by atoms with van der Waals surface area (Å²) in [6, 6.07) is 4.15. The first kappa shape index (κ1) is 16.1. The van der Waals surface area contributed by atoms with Crippen LogP contribution in [0.5, 0.6) is 0 Å². The highest BCUT2D eigenvalue weighted by Gasteiger charge is 2.11. The Hall–Kier alpha value is -0.930. The van der Waals surface area contributed by atoms with Crippen LogP contribution in [0.3, 0.4) is 0 Å². The molecule has 0 aliphatic rings. The molecule has 4 heteroatoms. The number of Topliss-reactive ketones (excluding diaryl/α,β-unsaturated/α-hetero) is 1. The Balaban J connectivity index is 2.46. The Morgan fingerprint density at radius 3 is 2.74 bits per heavy atom. The topological polar surface area (TPSA) is 43.1 Å². The number of carbonyl (C=O) groups excluding carboxylic acids is 1. The molecular formula is C15H21ClFNO. The van der Waals surface area contributed by atoms with E-state index in [9.17, 15) is 9.18 Å². The lowest BCUT2D eigenvalue weighted by Crippen LogP contribution is -2.11. The van der Waals surface area contributed by atoms with Gasteiger partial charge in [0.1, 0.15) is 11.6 Å². The van der Waals surface area contributed by atoms with Crippen molar-refractivity contribution in [2.24, 2.45) is 11.7 Å². The highest BCUT2D eigenvalue weighted by Crippen LogP contribution is 2.20. The number of carbonyl (C=O) groups is 1. The van der Waals surface area contributed by atoms with Crippen LogP contribution in [0.4, 0.5) is 4.39 Å². The van der Waals surface area contributed by atoms with Crippen LogP contribution in [0.15, 0.2) is 18.2 Å². The lowest BCUT2D eigenvalue weighted by atomic mass is 9.94. The minimum absolute atomic E-state index is 0.143. The number of halogens is 2. The minimum Gasteiger partial charge on any atom is -0.330 e. The molecule has 0 spiro atoms. The SMILES string of the molecule is CCC(CCN)CCC(=O)Cc1ccc(F)cc1Cl. The summed E-state index contributed by atoms with van der Waals surface area (Å²) in [7, 11) is 0. The van der Waals surface area contributed by atoms with E-state index in [4.69, 9.17) is 17.3 Å². The molecule has 1 unspecified atom stereocenters. The highest BCUT2D eigenvalue weighted by atomic mass is 35.5. The van der Waals surface area contributed by atoms with Crippen LogP contribution in [-0.2, 0) is 11.2 Å². The van der Waals surface area contributed by atoms with Crippen molar-refractivity contribution in [2.45, 2.75) is 39.0 Å². The van der Waals surface area contributed by atoms with Gasteiger partial charge in [0.05, 0.1) is 0 Å². The summed E-state index contributed by atoms with van der Waals surface area (Å²) < 4.78 is 12.9. The number of ketones is 1. The third kappa shape index (κ3) is 5.70.